The van der Waals surface area contributed by atoms with Crippen molar-refractivity contribution in [3.8, 4) is 6.07 Å². The number of hydrogen-bond donors (Lipinski definition) is 0. The van der Waals surface area contributed by atoms with E-state index in [2.05, 4.69) is 15.9 Å². The molecule has 0 heterocycles. The molecule has 0 spiro atoms. The maximum atomic E-state index is 12.8. The smallest absolute Gasteiger partial charge is 0.138 e. The van der Waals surface area contributed by atoms with Crippen LogP contribution in [0.1, 0.15) is 6.42 Å². The topological polar surface area (TPSA) is 23.8 Å². The van der Waals surface area contributed by atoms with Gasteiger partial charge in [0.2, 0.25) is 0 Å². The van der Waals surface area contributed by atoms with Gasteiger partial charge >= 0.3 is 0 Å². The molecule has 1 unspecified atom stereocenters. The van der Waals surface area contributed by atoms with Crippen LogP contribution < -0.4 is 0 Å². The second-order valence-corrected chi connectivity index (χ2v) is 2.89. The lowest BCUT2D eigenvalue weighted by atomic mass is 10.00. The second kappa shape index (κ2) is 3.68. The Morgan fingerprint density at radius 1 is 1.82 bits per heavy atom. The molecule has 1 rings (SSSR count). The standard InChI is InChI=1S/C8H7BrFN/c9-4-6-1-2-8(10)7(3-6)5-11/h1,3,8H,2,4H2. The number of hydrogen-bond acceptors (Lipinski definition) is 1. The van der Waals surface area contributed by atoms with Crippen molar-refractivity contribution in [3.63, 3.8) is 0 Å². The fourth-order valence-electron chi connectivity index (χ4n) is 0.926. The van der Waals surface area contributed by atoms with Crippen molar-refractivity contribution in [2.24, 2.45) is 0 Å². The predicted octanol–water partition coefficient (Wildman–Crippen LogP) is 2.50. The highest BCUT2D eigenvalue weighted by Gasteiger charge is 2.15. The summed E-state index contributed by atoms with van der Waals surface area (Å²) in [4.78, 5) is 0. The first kappa shape index (κ1) is 8.48. The zero-order valence-corrected chi connectivity index (χ0v) is 7.44. The predicted molar refractivity (Wildman–Crippen MR) is 45.1 cm³/mol. The molecule has 0 fully saturated rings. The molecule has 1 atom stereocenters. The molecule has 1 nitrogen and oxygen atoms in total. The SMILES string of the molecule is N#CC1=CC(CBr)=CCC1F. The van der Waals surface area contributed by atoms with Crippen LogP contribution in [0.25, 0.3) is 0 Å². The molecule has 0 aromatic rings. The van der Waals surface area contributed by atoms with Crippen LogP contribution in [0.3, 0.4) is 0 Å². The average Bonchev–Trinajstić information content (AvgIpc) is 2.05. The van der Waals surface area contributed by atoms with Crippen molar-refractivity contribution in [2.75, 3.05) is 5.33 Å². The fourth-order valence-corrected chi connectivity index (χ4v) is 1.32. The molecule has 0 radical (unpaired) electrons. The van der Waals surface area contributed by atoms with Crippen LogP contribution in [0.2, 0.25) is 0 Å². The normalized spacial score (nSPS) is 23.5. The van der Waals surface area contributed by atoms with Gasteiger partial charge in [-0.3, -0.25) is 0 Å². The molecule has 0 saturated carbocycles. The van der Waals surface area contributed by atoms with E-state index in [1.54, 1.807) is 12.2 Å². The number of halogens is 2. The van der Waals surface area contributed by atoms with Crippen LogP contribution in [0.15, 0.2) is 23.3 Å². The number of rotatable bonds is 1. The molecule has 0 aliphatic heterocycles. The van der Waals surface area contributed by atoms with E-state index >= 15 is 0 Å². The van der Waals surface area contributed by atoms with Gasteiger partial charge in [-0.15, -0.1) is 0 Å². The van der Waals surface area contributed by atoms with E-state index in [-0.39, 0.29) is 5.57 Å². The molecule has 11 heavy (non-hydrogen) atoms. The Balaban J connectivity index is 2.82. The number of allylic oxidation sites excluding steroid dienone is 4. The Morgan fingerprint density at radius 3 is 3.09 bits per heavy atom. The van der Waals surface area contributed by atoms with Gasteiger partial charge in [0.25, 0.3) is 0 Å². The minimum atomic E-state index is -1.09. The molecule has 3 heteroatoms. The first-order chi connectivity index (χ1) is 5.27. The van der Waals surface area contributed by atoms with Crippen LogP contribution in [0.4, 0.5) is 4.39 Å². The van der Waals surface area contributed by atoms with Crippen molar-refractivity contribution in [1.82, 2.24) is 0 Å². The first-order valence-electron chi connectivity index (χ1n) is 3.28. The van der Waals surface area contributed by atoms with Gasteiger partial charge in [-0.25, -0.2) is 4.39 Å². The van der Waals surface area contributed by atoms with Gasteiger partial charge in [0.15, 0.2) is 0 Å². The summed E-state index contributed by atoms with van der Waals surface area (Å²) < 4.78 is 12.8. The highest BCUT2D eigenvalue weighted by Crippen LogP contribution is 2.20. The van der Waals surface area contributed by atoms with Crippen LogP contribution in [-0.4, -0.2) is 11.5 Å². The van der Waals surface area contributed by atoms with Gasteiger partial charge in [-0.2, -0.15) is 5.26 Å². The van der Waals surface area contributed by atoms with Gasteiger partial charge in [0, 0.05) is 11.8 Å². The zero-order chi connectivity index (χ0) is 8.27. The third-order valence-corrected chi connectivity index (χ3v) is 2.20. The Bertz CT molecular complexity index is 249. The van der Waals surface area contributed by atoms with E-state index in [1.807, 2.05) is 6.07 Å². The van der Waals surface area contributed by atoms with E-state index < -0.39 is 6.17 Å². The van der Waals surface area contributed by atoms with Crippen LogP contribution in [0, 0.1) is 11.3 Å². The molecule has 0 bridgehead atoms. The molecule has 0 saturated heterocycles. The molecular formula is C8H7BrFN. The Kier molecular flexibility index (Phi) is 2.84. The lowest BCUT2D eigenvalue weighted by Gasteiger charge is -2.10. The van der Waals surface area contributed by atoms with E-state index in [0.29, 0.717) is 11.8 Å². The lowest BCUT2D eigenvalue weighted by Crippen LogP contribution is -2.06. The largest absolute Gasteiger partial charge is 0.241 e. The number of alkyl halides is 2. The molecule has 58 valence electrons. The summed E-state index contributed by atoms with van der Waals surface area (Å²) in [6.45, 7) is 0. The van der Waals surface area contributed by atoms with E-state index in [9.17, 15) is 4.39 Å². The van der Waals surface area contributed by atoms with Crippen LogP contribution >= 0.6 is 15.9 Å². The Labute approximate surface area is 73.3 Å². The zero-order valence-electron chi connectivity index (χ0n) is 5.85. The van der Waals surface area contributed by atoms with E-state index in [1.165, 1.54) is 0 Å². The van der Waals surface area contributed by atoms with Gasteiger partial charge < -0.3 is 0 Å². The van der Waals surface area contributed by atoms with Gasteiger partial charge in [0.1, 0.15) is 6.17 Å². The first-order valence-corrected chi connectivity index (χ1v) is 4.41. The second-order valence-electron chi connectivity index (χ2n) is 2.33. The quantitative estimate of drug-likeness (QED) is 0.617. The van der Waals surface area contributed by atoms with Gasteiger partial charge in [0.05, 0.1) is 11.6 Å². The summed E-state index contributed by atoms with van der Waals surface area (Å²) in [5, 5.41) is 9.16. The summed E-state index contributed by atoms with van der Waals surface area (Å²) in [6.07, 6.45) is 2.64. The molecule has 1 aliphatic carbocycles. The van der Waals surface area contributed by atoms with Crippen molar-refractivity contribution >= 4 is 15.9 Å². The van der Waals surface area contributed by atoms with E-state index in [4.69, 9.17) is 5.26 Å². The minimum Gasteiger partial charge on any atom is -0.241 e. The van der Waals surface area contributed by atoms with Crippen LogP contribution in [-0.2, 0) is 0 Å². The van der Waals surface area contributed by atoms with Gasteiger partial charge in [-0.05, 0) is 11.6 Å². The van der Waals surface area contributed by atoms with Crippen molar-refractivity contribution < 1.29 is 4.39 Å². The number of nitrogens with zero attached hydrogens (tertiary/aromatic N) is 1. The van der Waals surface area contributed by atoms with Gasteiger partial charge in [-0.1, -0.05) is 22.0 Å². The van der Waals surface area contributed by atoms with Crippen molar-refractivity contribution in [3.05, 3.63) is 23.3 Å². The molecule has 0 amide bonds. The maximum absolute atomic E-state index is 12.8. The third kappa shape index (κ3) is 1.90. The fraction of sp³-hybridized carbons (Fsp3) is 0.375. The maximum Gasteiger partial charge on any atom is 0.138 e. The summed E-state index contributed by atoms with van der Waals surface area (Å²) in [6, 6.07) is 1.84. The molecule has 0 aromatic heterocycles. The summed E-state index contributed by atoms with van der Waals surface area (Å²) in [5.74, 6) is 0. The molecule has 1 aliphatic rings. The summed E-state index contributed by atoms with van der Waals surface area (Å²) in [5.41, 5.74) is 1.22. The summed E-state index contributed by atoms with van der Waals surface area (Å²) in [7, 11) is 0. The third-order valence-electron chi connectivity index (χ3n) is 1.55. The molecule has 0 N–H and O–H groups in total. The van der Waals surface area contributed by atoms with Crippen molar-refractivity contribution in [1.29, 1.82) is 5.26 Å². The highest BCUT2D eigenvalue weighted by molar-refractivity contribution is 9.09. The monoisotopic (exact) mass is 215 g/mol. The highest BCUT2D eigenvalue weighted by atomic mass is 79.9. The lowest BCUT2D eigenvalue weighted by molar-refractivity contribution is 0.389. The Morgan fingerprint density at radius 2 is 2.55 bits per heavy atom. The minimum absolute atomic E-state index is 0.238. The summed E-state index contributed by atoms with van der Waals surface area (Å²) >= 11 is 3.24. The van der Waals surface area contributed by atoms with Crippen LogP contribution in [0.5, 0.6) is 0 Å². The Hall–Kier alpha value is -0.620. The molecular weight excluding hydrogens is 209 g/mol. The van der Waals surface area contributed by atoms with E-state index in [0.717, 1.165) is 5.57 Å². The average molecular weight is 216 g/mol. The van der Waals surface area contributed by atoms with Crippen molar-refractivity contribution in [2.45, 2.75) is 12.6 Å². The molecule has 0 aromatic carbocycles. The number of nitriles is 1.